The SMILES string of the molecule is CCCCC/C=C\C/C=C\C/C=C\CCCCCOC(C)=O. The molecular formula is C20H34O2. The quantitative estimate of drug-likeness (QED) is 0.219. The Morgan fingerprint density at radius 2 is 1.32 bits per heavy atom. The fourth-order valence-electron chi connectivity index (χ4n) is 2.05. The molecule has 0 aromatic rings. The Hall–Kier alpha value is -1.31. The molecule has 2 heteroatoms. The summed E-state index contributed by atoms with van der Waals surface area (Å²) in [5, 5.41) is 0. The highest BCUT2D eigenvalue weighted by Crippen LogP contribution is 2.03. The minimum absolute atomic E-state index is 0.178. The zero-order valence-corrected chi connectivity index (χ0v) is 14.6. The molecule has 0 saturated heterocycles. The van der Waals surface area contributed by atoms with Gasteiger partial charge in [-0.3, -0.25) is 4.79 Å². The van der Waals surface area contributed by atoms with Crippen LogP contribution < -0.4 is 0 Å². The van der Waals surface area contributed by atoms with Crippen LogP contribution in [0.25, 0.3) is 0 Å². The Morgan fingerprint density at radius 1 is 0.773 bits per heavy atom. The average molecular weight is 306 g/mol. The molecule has 22 heavy (non-hydrogen) atoms. The molecule has 0 heterocycles. The second-order valence-electron chi connectivity index (χ2n) is 5.57. The highest BCUT2D eigenvalue weighted by atomic mass is 16.5. The number of unbranched alkanes of at least 4 members (excludes halogenated alkanes) is 6. The summed E-state index contributed by atoms with van der Waals surface area (Å²) < 4.78 is 4.89. The minimum atomic E-state index is -0.178. The molecule has 0 atom stereocenters. The molecular weight excluding hydrogens is 272 g/mol. The number of ether oxygens (including phenoxy) is 1. The summed E-state index contributed by atoms with van der Waals surface area (Å²) in [4.78, 5) is 10.6. The smallest absolute Gasteiger partial charge is 0.302 e. The third kappa shape index (κ3) is 18.7. The van der Waals surface area contributed by atoms with Crippen molar-refractivity contribution in [3.63, 3.8) is 0 Å². The van der Waals surface area contributed by atoms with E-state index in [2.05, 4.69) is 43.4 Å². The average Bonchev–Trinajstić information content (AvgIpc) is 2.50. The lowest BCUT2D eigenvalue weighted by Crippen LogP contribution is -1.99. The lowest BCUT2D eigenvalue weighted by Gasteiger charge is -2.00. The van der Waals surface area contributed by atoms with Crippen molar-refractivity contribution >= 4 is 5.97 Å². The lowest BCUT2D eigenvalue weighted by molar-refractivity contribution is -0.141. The van der Waals surface area contributed by atoms with Gasteiger partial charge in [-0.05, 0) is 51.4 Å². The van der Waals surface area contributed by atoms with Crippen LogP contribution in [0.4, 0.5) is 0 Å². The van der Waals surface area contributed by atoms with E-state index in [0.717, 1.165) is 32.1 Å². The van der Waals surface area contributed by atoms with E-state index in [-0.39, 0.29) is 5.97 Å². The van der Waals surface area contributed by atoms with Gasteiger partial charge in [0.1, 0.15) is 0 Å². The molecule has 0 aromatic carbocycles. The van der Waals surface area contributed by atoms with Crippen LogP contribution in [-0.4, -0.2) is 12.6 Å². The molecule has 0 aliphatic carbocycles. The topological polar surface area (TPSA) is 26.3 Å². The first-order chi connectivity index (χ1) is 10.8. The lowest BCUT2D eigenvalue weighted by atomic mass is 10.2. The van der Waals surface area contributed by atoms with E-state index in [0.29, 0.717) is 6.61 Å². The Morgan fingerprint density at radius 3 is 1.86 bits per heavy atom. The van der Waals surface area contributed by atoms with Crippen molar-refractivity contribution in [2.75, 3.05) is 6.61 Å². The van der Waals surface area contributed by atoms with Crippen molar-refractivity contribution in [1.82, 2.24) is 0 Å². The van der Waals surface area contributed by atoms with Crippen molar-refractivity contribution in [2.45, 2.75) is 78.1 Å². The number of hydrogen-bond donors (Lipinski definition) is 0. The summed E-state index contributed by atoms with van der Waals surface area (Å²) in [6.07, 6.45) is 25.1. The van der Waals surface area contributed by atoms with Gasteiger partial charge in [-0.2, -0.15) is 0 Å². The summed E-state index contributed by atoms with van der Waals surface area (Å²) in [6.45, 7) is 4.26. The molecule has 0 aliphatic rings. The van der Waals surface area contributed by atoms with Crippen LogP contribution in [0.15, 0.2) is 36.5 Å². The van der Waals surface area contributed by atoms with Gasteiger partial charge >= 0.3 is 5.97 Å². The van der Waals surface area contributed by atoms with Crippen molar-refractivity contribution < 1.29 is 9.53 Å². The second kappa shape index (κ2) is 17.7. The number of carbonyl (C=O) groups excluding carboxylic acids is 1. The van der Waals surface area contributed by atoms with Gasteiger partial charge in [0.25, 0.3) is 0 Å². The first-order valence-corrected chi connectivity index (χ1v) is 8.85. The van der Waals surface area contributed by atoms with Gasteiger partial charge in [-0.25, -0.2) is 0 Å². The molecule has 0 bridgehead atoms. The third-order valence-corrected chi connectivity index (χ3v) is 3.34. The Bertz CT molecular complexity index is 327. The molecule has 0 aromatic heterocycles. The summed E-state index contributed by atoms with van der Waals surface area (Å²) >= 11 is 0. The van der Waals surface area contributed by atoms with Crippen LogP contribution >= 0.6 is 0 Å². The van der Waals surface area contributed by atoms with Gasteiger partial charge < -0.3 is 4.74 Å². The molecule has 0 spiro atoms. The molecule has 126 valence electrons. The summed E-state index contributed by atoms with van der Waals surface area (Å²) in [7, 11) is 0. The summed E-state index contributed by atoms with van der Waals surface area (Å²) in [6, 6.07) is 0. The zero-order valence-electron chi connectivity index (χ0n) is 14.6. The zero-order chi connectivity index (χ0) is 16.3. The molecule has 0 aliphatic heterocycles. The highest BCUT2D eigenvalue weighted by Gasteiger charge is 1.92. The maximum absolute atomic E-state index is 10.6. The predicted molar refractivity (Wildman–Crippen MR) is 95.9 cm³/mol. The maximum Gasteiger partial charge on any atom is 0.302 e. The maximum atomic E-state index is 10.6. The van der Waals surface area contributed by atoms with Crippen LogP contribution in [0.3, 0.4) is 0 Å². The summed E-state index contributed by atoms with van der Waals surface area (Å²) in [5.41, 5.74) is 0. The van der Waals surface area contributed by atoms with Crippen LogP contribution in [0.1, 0.15) is 78.1 Å². The standard InChI is InChI=1S/C20H34O2/c1-3-4-5-6-7-8-9-10-11-12-13-14-15-16-17-18-19-22-20(2)21/h7-8,10-11,13-14H,3-6,9,12,15-19H2,1-2H3/b8-7-,11-10-,14-13-. The van der Waals surface area contributed by atoms with E-state index in [9.17, 15) is 4.79 Å². The van der Waals surface area contributed by atoms with E-state index in [1.807, 2.05) is 0 Å². The van der Waals surface area contributed by atoms with E-state index in [1.165, 1.54) is 39.0 Å². The van der Waals surface area contributed by atoms with Gasteiger partial charge in [0.2, 0.25) is 0 Å². The molecule has 0 N–H and O–H groups in total. The van der Waals surface area contributed by atoms with E-state index in [4.69, 9.17) is 4.74 Å². The molecule has 2 nitrogen and oxygen atoms in total. The fourth-order valence-corrected chi connectivity index (χ4v) is 2.05. The second-order valence-corrected chi connectivity index (χ2v) is 5.57. The van der Waals surface area contributed by atoms with Crippen molar-refractivity contribution in [3.05, 3.63) is 36.5 Å². The predicted octanol–water partition coefficient (Wildman–Crippen LogP) is 6.14. The number of carbonyl (C=O) groups is 1. The fraction of sp³-hybridized carbons (Fsp3) is 0.650. The largest absolute Gasteiger partial charge is 0.466 e. The van der Waals surface area contributed by atoms with Crippen molar-refractivity contribution in [3.8, 4) is 0 Å². The first-order valence-electron chi connectivity index (χ1n) is 8.85. The number of hydrogen-bond acceptors (Lipinski definition) is 2. The van der Waals surface area contributed by atoms with Crippen LogP contribution in [0, 0.1) is 0 Å². The number of rotatable bonds is 14. The monoisotopic (exact) mass is 306 g/mol. The Kier molecular flexibility index (Phi) is 16.7. The van der Waals surface area contributed by atoms with Crippen molar-refractivity contribution in [1.29, 1.82) is 0 Å². The Balaban J connectivity index is 3.29. The van der Waals surface area contributed by atoms with Gasteiger partial charge in [0.05, 0.1) is 6.61 Å². The van der Waals surface area contributed by atoms with Gasteiger partial charge in [-0.15, -0.1) is 0 Å². The van der Waals surface area contributed by atoms with E-state index >= 15 is 0 Å². The van der Waals surface area contributed by atoms with Crippen molar-refractivity contribution in [2.24, 2.45) is 0 Å². The van der Waals surface area contributed by atoms with Crippen LogP contribution in [0.5, 0.6) is 0 Å². The minimum Gasteiger partial charge on any atom is -0.466 e. The molecule has 0 saturated carbocycles. The molecule has 0 radical (unpaired) electrons. The Labute approximate surface area is 137 Å². The van der Waals surface area contributed by atoms with Gasteiger partial charge in [0, 0.05) is 6.92 Å². The van der Waals surface area contributed by atoms with Gasteiger partial charge in [-0.1, -0.05) is 56.2 Å². The molecule has 0 amide bonds. The number of esters is 1. The highest BCUT2D eigenvalue weighted by molar-refractivity contribution is 5.65. The summed E-state index contributed by atoms with van der Waals surface area (Å²) in [5.74, 6) is -0.178. The third-order valence-electron chi connectivity index (χ3n) is 3.34. The normalized spacial score (nSPS) is 11.9. The molecule has 0 unspecified atom stereocenters. The van der Waals surface area contributed by atoms with Gasteiger partial charge in [0.15, 0.2) is 0 Å². The first kappa shape index (κ1) is 20.7. The molecule has 0 fully saturated rings. The number of allylic oxidation sites excluding steroid dienone is 6. The van der Waals surface area contributed by atoms with E-state index in [1.54, 1.807) is 0 Å². The van der Waals surface area contributed by atoms with E-state index < -0.39 is 0 Å². The van der Waals surface area contributed by atoms with Crippen LogP contribution in [0.2, 0.25) is 0 Å². The van der Waals surface area contributed by atoms with Crippen LogP contribution in [-0.2, 0) is 9.53 Å². The molecule has 0 rings (SSSR count).